The van der Waals surface area contributed by atoms with Crippen LogP contribution in [-0.4, -0.2) is 39.2 Å². The van der Waals surface area contributed by atoms with Crippen molar-refractivity contribution in [2.45, 2.75) is 51.1 Å². The Labute approximate surface area is 152 Å². The van der Waals surface area contributed by atoms with Gasteiger partial charge in [-0.05, 0) is 37.8 Å². The minimum absolute atomic E-state index is 0.0771. The molecule has 138 valence electrons. The number of fused-ring (bicyclic) bond motifs is 1. The van der Waals surface area contributed by atoms with E-state index >= 15 is 0 Å². The first kappa shape index (κ1) is 17.0. The Hall–Kier alpha value is -2.44. The zero-order chi connectivity index (χ0) is 18.1. The van der Waals surface area contributed by atoms with Crippen molar-refractivity contribution < 1.29 is 13.9 Å². The smallest absolute Gasteiger partial charge is 0.257 e. The van der Waals surface area contributed by atoms with Crippen LogP contribution in [0.3, 0.4) is 0 Å². The van der Waals surface area contributed by atoms with Crippen LogP contribution in [0.5, 0.6) is 5.75 Å². The van der Waals surface area contributed by atoms with Crippen molar-refractivity contribution >= 4 is 5.91 Å². The molecule has 2 aliphatic heterocycles. The minimum Gasteiger partial charge on any atom is -0.497 e. The van der Waals surface area contributed by atoms with Crippen molar-refractivity contribution in [3.8, 4) is 5.75 Å². The number of hydrogen-bond donors (Lipinski definition) is 0. The number of aryl methyl sites for hydroxylation is 1. The predicted octanol–water partition coefficient (Wildman–Crippen LogP) is 3.13. The quantitative estimate of drug-likeness (QED) is 0.846. The molecule has 1 amide bonds. The molecule has 2 aliphatic rings. The first-order valence-corrected chi connectivity index (χ1v) is 9.25. The van der Waals surface area contributed by atoms with Crippen LogP contribution in [0.4, 0.5) is 4.39 Å². The fraction of sp³-hybridized carbons (Fsp3) is 0.526. The van der Waals surface area contributed by atoms with E-state index in [4.69, 9.17) is 4.74 Å². The number of likely N-dealkylation sites (tertiary alicyclic amines) is 1. The summed E-state index contributed by atoms with van der Waals surface area (Å²) in [6.07, 6.45) is 6.07. The summed E-state index contributed by atoms with van der Waals surface area (Å²) in [5, 5.41) is 8.76. The number of ether oxygens (including phenoxy) is 1. The normalized spacial score (nSPS) is 19.9. The van der Waals surface area contributed by atoms with Crippen molar-refractivity contribution in [2.75, 3.05) is 13.7 Å². The zero-order valence-corrected chi connectivity index (χ0v) is 14.9. The lowest BCUT2D eigenvalue weighted by Crippen LogP contribution is -2.32. The maximum atomic E-state index is 14.4. The Morgan fingerprint density at radius 1 is 1.19 bits per heavy atom. The number of nitrogens with zero attached hydrogens (tertiary/aromatic N) is 4. The molecule has 0 spiro atoms. The van der Waals surface area contributed by atoms with Crippen LogP contribution in [-0.2, 0) is 13.0 Å². The molecule has 0 N–H and O–H groups in total. The summed E-state index contributed by atoms with van der Waals surface area (Å²) in [5.41, 5.74) is 0.0771. The summed E-state index contributed by atoms with van der Waals surface area (Å²) >= 11 is 0. The van der Waals surface area contributed by atoms with Crippen molar-refractivity contribution in [2.24, 2.45) is 0 Å². The molecule has 1 aromatic heterocycles. The number of hydrogen-bond acceptors (Lipinski definition) is 4. The highest BCUT2D eigenvalue weighted by molar-refractivity contribution is 5.95. The molecule has 6 nitrogen and oxygen atoms in total. The average Bonchev–Trinajstić information content (AvgIpc) is 3.21. The summed E-state index contributed by atoms with van der Waals surface area (Å²) < 4.78 is 21.6. The fourth-order valence-corrected chi connectivity index (χ4v) is 3.98. The van der Waals surface area contributed by atoms with Gasteiger partial charge in [0, 0.05) is 25.6 Å². The Balaban J connectivity index is 1.63. The number of aromatic nitrogens is 3. The summed E-state index contributed by atoms with van der Waals surface area (Å²) in [6.45, 7) is 1.50. The average molecular weight is 358 g/mol. The fourth-order valence-electron chi connectivity index (χ4n) is 3.98. The first-order valence-electron chi connectivity index (χ1n) is 9.25. The van der Waals surface area contributed by atoms with Crippen LogP contribution < -0.4 is 4.74 Å². The van der Waals surface area contributed by atoms with E-state index in [1.165, 1.54) is 25.7 Å². The van der Waals surface area contributed by atoms with Gasteiger partial charge in [-0.25, -0.2) is 4.39 Å². The van der Waals surface area contributed by atoms with Crippen molar-refractivity contribution in [1.82, 2.24) is 19.7 Å². The third-order valence-corrected chi connectivity index (χ3v) is 5.36. The number of methoxy groups -OCH3 is 1. The first-order chi connectivity index (χ1) is 12.7. The molecule has 0 radical (unpaired) electrons. The third-order valence-electron chi connectivity index (χ3n) is 5.36. The Morgan fingerprint density at radius 2 is 2.08 bits per heavy atom. The Bertz CT molecular complexity index is 820. The van der Waals surface area contributed by atoms with Gasteiger partial charge >= 0.3 is 0 Å². The van der Waals surface area contributed by atoms with Crippen LogP contribution in [0.2, 0.25) is 0 Å². The molecule has 4 rings (SSSR count). The van der Waals surface area contributed by atoms with E-state index in [0.29, 0.717) is 12.3 Å². The van der Waals surface area contributed by atoms with Crippen molar-refractivity contribution in [1.29, 1.82) is 0 Å². The number of rotatable bonds is 3. The second-order valence-corrected chi connectivity index (χ2v) is 6.94. The molecular weight excluding hydrogens is 335 g/mol. The highest BCUT2D eigenvalue weighted by Gasteiger charge is 2.35. The summed E-state index contributed by atoms with van der Waals surface area (Å²) in [6, 6.07) is 4.23. The third kappa shape index (κ3) is 2.95. The molecule has 1 fully saturated rings. The molecule has 1 saturated heterocycles. The van der Waals surface area contributed by atoms with Crippen molar-refractivity contribution in [3.63, 3.8) is 0 Å². The number of amides is 1. The van der Waals surface area contributed by atoms with E-state index in [-0.39, 0.29) is 17.5 Å². The number of carbonyl (C=O) groups is 1. The van der Waals surface area contributed by atoms with Crippen LogP contribution >= 0.6 is 0 Å². The number of halogens is 1. The van der Waals surface area contributed by atoms with Gasteiger partial charge < -0.3 is 14.2 Å². The topological polar surface area (TPSA) is 60.2 Å². The molecule has 7 heteroatoms. The molecule has 0 bridgehead atoms. The monoisotopic (exact) mass is 358 g/mol. The highest BCUT2D eigenvalue weighted by atomic mass is 19.1. The van der Waals surface area contributed by atoms with Gasteiger partial charge in [0.15, 0.2) is 5.82 Å². The van der Waals surface area contributed by atoms with Crippen LogP contribution in [0, 0.1) is 5.82 Å². The second-order valence-electron chi connectivity index (χ2n) is 6.94. The largest absolute Gasteiger partial charge is 0.497 e. The van der Waals surface area contributed by atoms with Gasteiger partial charge in [0.2, 0.25) is 0 Å². The molecule has 1 unspecified atom stereocenters. The molecule has 1 aromatic carbocycles. The zero-order valence-electron chi connectivity index (χ0n) is 14.9. The lowest BCUT2D eigenvalue weighted by atomic mass is 10.1. The molecule has 0 saturated carbocycles. The Morgan fingerprint density at radius 3 is 2.88 bits per heavy atom. The lowest BCUT2D eigenvalue weighted by molar-refractivity contribution is 0.0722. The Kier molecular flexibility index (Phi) is 4.61. The summed E-state index contributed by atoms with van der Waals surface area (Å²) in [7, 11) is 1.48. The SMILES string of the molecule is COc1ccc(C(=O)N2CCCC2c2nnc3n2CCCCC3)c(F)c1. The molecule has 2 aromatic rings. The van der Waals surface area contributed by atoms with Crippen molar-refractivity contribution in [3.05, 3.63) is 41.2 Å². The van der Waals surface area contributed by atoms with E-state index in [2.05, 4.69) is 14.8 Å². The second kappa shape index (κ2) is 7.05. The van der Waals surface area contributed by atoms with E-state index in [0.717, 1.165) is 50.3 Å². The van der Waals surface area contributed by atoms with Gasteiger partial charge in [-0.15, -0.1) is 10.2 Å². The number of benzene rings is 1. The van der Waals surface area contributed by atoms with Gasteiger partial charge in [-0.2, -0.15) is 0 Å². The maximum absolute atomic E-state index is 14.4. The predicted molar refractivity (Wildman–Crippen MR) is 93.5 cm³/mol. The maximum Gasteiger partial charge on any atom is 0.257 e. The summed E-state index contributed by atoms with van der Waals surface area (Å²) in [5.74, 6) is 1.41. The molecule has 3 heterocycles. The summed E-state index contributed by atoms with van der Waals surface area (Å²) in [4.78, 5) is 14.7. The van der Waals surface area contributed by atoms with E-state index in [9.17, 15) is 9.18 Å². The van der Waals surface area contributed by atoms with Gasteiger partial charge in [-0.3, -0.25) is 4.79 Å². The molecule has 0 aliphatic carbocycles. The van der Waals surface area contributed by atoms with Gasteiger partial charge in [0.25, 0.3) is 5.91 Å². The van der Waals surface area contributed by atoms with E-state index in [1.54, 1.807) is 11.0 Å². The van der Waals surface area contributed by atoms with Crippen LogP contribution in [0.25, 0.3) is 0 Å². The molecular formula is C19H23FN4O2. The molecule has 1 atom stereocenters. The standard InChI is InChI=1S/C19H23FN4O2/c1-26-13-8-9-14(15(20)12-13)19(25)23-11-5-6-16(23)18-22-21-17-7-3-2-4-10-24(17)18/h8-9,12,16H,2-7,10-11H2,1H3. The van der Waals surface area contributed by atoms with Crippen LogP contribution in [0.15, 0.2) is 18.2 Å². The molecule has 26 heavy (non-hydrogen) atoms. The van der Waals surface area contributed by atoms with Crippen LogP contribution in [0.1, 0.15) is 60.2 Å². The highest BCUT2D eigenvalue weighted by Crippen LogP contribution is 2.34. The van der Waals surface area contributed by atoms with Gasteiger partial charge in [0.1, 0.15) is 17.4 Å². The van der Waals surface area contributed by atoms with Gasteiger partial charge in [-0.1, -0.05) is 6.42 Å². The lowest BCUT2D eigenvalue weighted by Gasteiger charge is -2.25. The number of carbonyl (C=O) groups excluding carboxylic acids is 1. The van der Waals surface area contributed by atoms with E-state index in [1.807, 2.05) is 0 Å². The minimum atomic E-state index is -0.555. The van der Waals surface area contributed by atoms with Gasteiger partial charge in [0.05, 0.1) is 18.7 Å². The van der Waals surface area contributed by atoms with E-state index < -0.39 is 5.82 Å².